The first kappa shape index (κ1) is 17.0. The van der Waals surface area contributed by atoms with Crippen LogP contribution in [0, 0.1) is 0 Å². The number of fused-ring (bicyclic) bond motifs is 1. The first-order valence-corrected chi connectivity index (χ1v) is 8.34. The first-order chi connectivity index (χ1) is 12.0. The van der Waals surface area contributed by atoms with Crippen LogP contribution in [0.2, 0.25) is 0 Å². The molecule has 0 bridgehead atoms. The highest BCUT2D eigenvalue weighted by Crippen LogP contribution is 2.21. The van der Waals surface area contributed by atoms with Gasteiger partial charge in [-0.05, 0) is 46.3 Å². The molecule has 1 heterocycles. The Morgan fingerprint density at radius 1 is 1.08 bits per heavy atom. The quantitative estimate of drug-likeness (QED) is 0.732. The van der Waals surface area contributed by atoms with Crippen LogP contribution in [0.3, 0.4) is 0 Å². The summed E-state index contributed by atoms with van der Waals surface area (Å²) in [5.41, 5.74) is 2.48. The zero-order valence-corrected chi connectivity index (χ0v) is 15.0. The lowest BCUT2D eigenvalue weighted by molar-refractivity contribution is -0.116. The second kappa shape index (κ2) is 7.40. The van der Waals surface area contributed by atoms with Crippen LogP contribution in [0.1, 0.15) is 10.4 Å². The molecule has 2 aromatic carbocycles. The number of aromatic nitrogens is 2. The van der Waals surface area contributed by atoms with Crippen molar-refractivity contribution in [2.75, 3.05) is 18.9 Å². The lowest BCUT2D eigenvalue weighted by Gasteiger charge is -2.17. The van der Waals surface area contributed by atoms with Gasteiger partial charge in [0.1, 0.15) is 0 Å². The van der Waals surface area contributed by atoms with Crippen molar-refractivity contribution < 1.29 is 9.59 Å². The van der Waals surface area contributed by atoms with Crippen LogP contribution in [0.15, 0.2) is 59.3 Å². The van der Waals surface area contributed by atoms with E-state index in [0.29, 0.717) is 22.3 Å². The molecule has 0 unspecified atom stereocenters. The largest absolute Gasteiger partial charge is 0.332 e. The predicted molar refractivity (Wildman–Crippen MR) is 99.3 cm³/mol. The van der Waals surface area contributed by atoms with Crippen LogP contribution in [0.5, 0.6) is 0 Å². The number of amides is 2. The molecule has 0 radical (unpaired) electrons. The lowest BCUT2D eigenvalue weighted by atomic mass is 10.1. The van der Waals surface area contributed by atoms with E-state index in [0.717, 1.165) is 4.47 Å². The maximum Gasteiger partial charge on any atom is 0.254 e. The molecule has 2 amide bonds. The Morgan fingerprint density at radius 3 is 2.56 bits per heavy atom. The average Bonchev–Trinajstić information content (AvgIpc) is 2.62. The van der Waals surface area contributed by atoms with Gasteiger partial charge in [-0.3, -0.25) is 19.6 Å². The smallest absolute Gasteiger partial charge is 0.254 e. The second-order valence-electron chi connectivity index (χ2n) is 5.45. The fraction of sp³-hybridized carbons (Fsp3) is 0.111. The summed E-state index contributed by atoms with van der Waals surface area (Å²) in [7, 11) is 1.59. The maximum absolute atomic E-state index is 12.5. The number of rotatable bonds is 4. The highest BCUT2D eigenvalue weighted by atomic mass is 79.9. The van der Waals surface area contributed by atoms with Crippen molar-refractivity contribution in [2.45, 2.75) is 0 Å². The number of nitrogens with one attached hydrogen (secondary N) is 1. The Labute approximate surface area is 153 Å². The van der Waals surface area contributed by atoms with E-state index >= 15 is 0 Å². The van der Waals surface area contributed by atoms with Crippen LogP contribution in [0.25, 0.3) is 11.0 Å². The van der Waals surface area contributed by atoms with Gasteiger partial charge in [-0.25, -0.2) is 0 Å². The molecular weight excluding hydrogens is 384 g/mol. The number of halogens is 1. The normalized spacial score (nSPS) is 10.5. The average molecular weight is 399 g/mol. The summed E-state index contributed by atoms with van der Waals surface area (Å²) >= 11 is 3.37. The Hall–Kier alpha value is -2.80. The van der Waals surface area contributed by atoms with Gasteiger partial charge >= 0.3 is 0 Å². The van der Waals surface area contributed by atoms with Gasteiger partial charge in [-0.15, -0.1) is 0 Å². The molecule has 7 heteroatoms. The molecule has 6 nitrogen and oxygen atoms in total. The number of likely N-dealkylation sites (N-methyl/N-ethyl adjacent to an activating group) is 1. The van der Waals surface area contributed by atoms with Gasteiger partial charge < -0.3 is 10.2 Å². The highest BCUT2D eigenvalue weighted by Gasteiger charge is 2.16. The number of anilines is 1. The van der Waals surface area contributed by atoms with Gasteiger partial charge in [0.15, 0.2) is 0 Å². The molecule has 0 aliphatic rings. The van der Waals surface area contributed by atoms with E-state index in [4.69, 9.17) is 0 Å². The van der Waals surface area contributed by atoms with Crippen molar-refractivity contribution in [3.8, 4) is 0 Å². The molecule has 1 N–H and O–H groups in total. The predicted octanol–water partition coefficient (Wildman–Crippen LogP) is 3.10. The highest BCUT2D eigenvalue weighted by molar-refractivity contribution is 9.10. The van der Waals surface area contributed by atoms with Gasteiger partial charge in [-0.2, -0.15) is 0 Å². The van der Waals surface area contributed by atoms with E-state index < -0.39 is 0 Å². The molecule has 0 atom stereocenters. The molecule has 0 aliphatic heterocycles. The summed E-state index contributed by atoms with van der Waals surface area (Å²) in [6.45, 7) is -0.0569. The number of hydrogen-bond acceptors (Lipinski definition) is 4. The van der Waals surface area contributed by atoms with Crippen molar-refractivity contribution >= 4 is 44.5 Å². The summed E-state index contributed by atoms with van der Waals surface area (Å²) < 4.78 is 0.783. The van der Waals surface area contributed by atoms with E-state index in [1.807, 2.05) is 18.2 Å². The van der Waals surface area contributed by atoms with E-state index in [1.165, 1.54) is 4.90 Å². The van der Waals surface area contributed by atoms with Crippen molar-refractivity contribution in [1.29, 1.82) is 0 Å². The van der Waals surface area contributed by atoms with E-state index in [2.05, 4.69) is 31.2 Å². The monoisotopic (exact) mass is 398 g/mol. The third-order valence-corrected chi connectivity index (χ3v) is 4.28. The number of carbonyl (C=O) groups excluding carboxylic acids is 2. The summed E-state index contributed by atoms with van der Waals surface area (Å²) in [5.74, 6) is -0.529. The Balaban J connectivity index is 1.69. The molecule has 0 aliphatic carbocycles. The van der Waals surface area contributed by atoms with Crippen molar-refractivity contribution in [2.24, 2.45) is 0 Å². The molecule has 1 aromatic heterocycles. The van der Waals surface area contributed by atoms with Crippen LogP contribution >= 0.6 is 15.9 Å². The molecule has 126 valence electrons. The molecule has 0 spiro atoms. The minimum atomic E-state index is -0.275. The fourth-order valence-corrected chi connectivity index (χ4v) is 2.74. The van der Waals surface area contributed by atoms with Gasteiger partial charge in [0.2, 0.25) is 5.91 Å². The minimum absolute atomic E-state index is 0.0569. The van der Waals surface area contributed by atoms with Gasteiger partial charge in [0, 0.05) is 29.5 Å². The zero-order valence-electron chi connectivity index (χ0n) is 13.4. The van der Waals surface area contributed by atoms with Crippen molar-refractivity contribution in [3.63, 3.8) is 0 Å². The van der Waals surface area contributed by atoms with Crippen LogP contribution in [-0.4, -0.2) is 40.3 Å². The van der Waals surface area contributed by atoms with Crippen molar-refractivity contribution in [1.82, 2.24) is 14.9 Å². The number of carbonyl (C=O) groups is 2. The van der Waals surface area contributed by atoms with Gasteiger partial charge in [0.25, 0.3) is 5.91 Å². The summed E-state index contributed by atoms with van der Waals surface area (Å²) in [6, 6.07) is 12.4. The van der Waals surface area contributed by atoms with E-state index in [9.17, 15) is 9.59 Å². The maximum atomic E-state index is 12.5. The molecule has 3 aromatic rings. The van der Waals surface area contributed by atoms with Crippen LogP contribution in [0.4, 0.5) is 5.69 Å². The summed E-state index contributed by atoms with van der Waals surface area (Å²) in [4.78, 5) is 34.4. The van der Waals surface area contributed by atoms with E-state index in [1.54, 1.807) is 43.7 Å². The molecule has 0 saturated heterocycles. The van der Waals surface area contributed by atoms with Gasteiger partial charge in [-0.1, -0.05) is 12.1 Å². The molecule has 0 saturated carbocycles. The summed E-state index contributed by atoms with van der Waals surface area (Å²) in [5, 5.41) is 2.78. The third-order valence-electron chi connectivity index (χ3n) is 3.59. The Morgan fingerprint density at radius 2 is 1.80 bits per heavy atom. The van der Waals surface area contributed by atoms with Crippen LogP contribution < -0.4 is 5.32 Å². The zero-order chi connectivity index (χ0) is 17.8. The second-order valence-corrected chi connectivity index (χ2v) is 6.30. The van der Waals surface area contributed by atoms with E-state index in [-0.39, 0.29) is 18.4 Å². The third kappa shape index (κ3) is 4.00. The standard InChI is InChI=1S/C18H15BrN4O2/c1-23(11-17(24)22-14-5-3-2-4-13(14)19)18(25)12-6-7-15-16(10-12)21-9-8-20-15/h2-10H,11H2,1H3,(H,22,24). The Bertz CT molecular complexity index is 945. The molecule has 0 fully saturated rings. The fourth-order valence-electron chi connectivity index (χ4n) is 2.36. The van der Waals surface area contributed by atoms with Crippen LogP contribution in [-0.2, 0) is 4.79 Å². The SMILES string of the molecule is CN(CC(=O)Nc1ccccc1Br)C(=O)c1ccc2nccnc2c1. The molecule has 25 heavy (non-hydrogen) atoms. The summed E-state index contributed by atoms with van der Waals surface area (Å²) in [6.07, 6.45) is 3.17. The topological polar surface area (TPSA) is 75.2 Å². The Kier molecular flexibility index (Phi) is 5.04. The number of para-hydroxylation sites is 1. The minimum Gasteiger partial charge on any atom is -0.332 e. The molecule has 3 rings (SSSR count). The van der Waals surface area contributed by atoms with Gasteiger partial charge in [0.05, 0.1) is 23.3 Å². The first-order valence-electron chi connectivity index (χ1n) is 7.55. The molecular formula is C18H15BrN4O2. The number of hydrogen-bond donors (Lipinski definition) is 1. The lowest BCUT2D eigenvalue weighted by Crippen LogP contribution is -2.35. The number of nitrogens with zero attached hydrogens (tertiary/aromatic N) is 3. The van der Waals surface area contributed by atoms with Crippen molar-refractivity contribution in [3.05, 3.63) is 64.9 Å². The number of benzene rings is 2.